The zero-order valence-corrected chi connectivity index (χ0v) is 25.8. The number of hydrogen-bond donors (Lipinski definition) is 1. The van der Waals surface area contributed by atoms with Crippen molar-refractivity contribution >= 4 is 73.9 Å². The molecule has 0 aliphatic rings. The topological polar surface area (TPSA) is 86.8 Å². The standard InChI is InChI=1S/C28H29Cl4N3O4S/c1-3-14-33-28(37)26(4-2)34(17-19-10-11-20(29)15-24(19)31)27(36)18-35(21-12-13-23(30)25(32)16-21)40(38,39)22-8-6-5-7-9-22/h5-13,15-16,26H,3-4,14,17-18H2,1-2H3,(H,33,37). The summed E-state index contributed by atoms with van der Waals surface area (Å²) in [5.41, 5.74) is 0.688. The lowest BCUT2D eigenvalue weighted by molar-refractivity contribution is -0.140. The fourth-order valence-corrected chi connectivity index (χ4v) is 6.20. The van der Waals surface area contributed by atoms with E-state index in [0.717, 1.165) is 4.31 Å². The molecule has 40 heavy (non-hydrogen) atoms. The Morgan fingerprint density at radius 3 is 2.17 bits per heavy atom. The van der Waals surface area contributed by atoms with Gasteiger partial charge in [0.25, 0.3) is 10.0 Å². The number of nitrogens with one attached hydrogen (secondary N) is 1. The Hall–Kier alpha value is -2.49. The van der Waals surface area contributed by atoms with Gasteiger partial charge in [0, 0.05) is 23.1 Å². The van der Waals surface area contributed by atoms with Crippen LogP contribution in [0.1, 0.15) is 32.3 Å². The van der Waals surface area contributed by atoms with Crippen LogP contribution >= 0.6 is 46.4 Å². The molecule has 3 rings (SSSR count). The van der Waals surface area contributed by atoms with Crippen LogP contribution in [0.2, 0.25) is 20.1 Å². The fourth-order valence-electron chi connectivity index (χ4n) is 4.01. The molecule has 3 aromatic rings. The molecule has 0 bridgehead atoms. The van der Waals surface area contributed by atoms with E-state index in [0.29, 0.717) is 28.6 Å². The number of anilines is 1. The van der Waals surface area contributed by atoms with Gasteiger partial charge in [-0.05, 0) is 60.9 Å². The van der Waals surface area contributed by atoms with Crippen LogP contribution < -0.4 is 9.62 Å². The predicted octanol–water partition coefficient (Wildman–Crippen LogP) is 6.83. The largest absolute Gasteiger partial charge is 0.354 e. The van der Waals surface area contributed by atoms with Crippen LogP contribution in [0.4, 0.5) is 5.69 Å². The molecule has 3 aromatic carbocycles. The third-order valence-electron chi connectivity index (χ3n) is 6.09. The second-order valence-electron chi connectivity index (χ2n) is 8.90. The van der Waals surface area contributed by atoms with E-state index in [2.05, 4.69) is 5.32 Å². The highest BCUT2D eigenvalue weighted by atomic mass is 35.5. The minimum atomic E-state index is -4.23. The summed E-state index contributed by atoms with van der Waals surface area (Å²) in [6.45, 7) is 3.46. The van der Waals surface area contributed by atoms with Crippen molar-refractivity contribution in [3.8, 4) is 0 Å². The molecule has 2 amide bonds. The number of amides is 2. The van der Waals surface area contributed by atoms with Crippen molar-refractivity contribution in [3.05, 3.63) is 92.4 Å². The summed E-state index contributed by atoms with van der Waals surface area (Å²) in [6, 6.07) is 16.0. The van der Waals surface area contributed by atoms with Crippen molar-refractivity contribution in [3.63, 3.8) is 0 Å². The number of carbonyl (C=O) groups excluding carboxylic acids is 2. The van der Waals surface area contributed by atoms with Crippen molar-refractivity contribution in [2.24, 2.45) is 0 Å². The van der Waals surface area contributed by atoms with Gasteiger partial charge in [-0.25, -0.2) is 8.42 Å². The number of nitrogens with zero attached hydrogens (tertiary/aromatic N) is 2. The molecule has 0 saturated carbocycles. The van der Waals surface area contributed by atoms with Gasteiger partial charge >= 0.3 is 0 Å². The van der Waals surface area contributed by atoms with Gasteiger partial charge in [0.1, 0.15) is 12.6 Å². The van der Waals surface area contributed by atoms with Crippen LogP contribution in [-0.2, 0) is 26.2 Å². The van der Waals surface area contributed by atoms with Gasteiger partial charge in [0.2, 0.25) is 11.8 Å². The average Bonchev–Trinajstić information content (AvgIpc) is 2.93. The highest BCUT2D eigenvalue weighted by molar-refractivity contribution is 7.92. The molecule has 0 aliphatic heterocycles. The second kappa shape index (κ2) is 14.4. The van der Waals surface area contributed by atoms with Crippen molar-refractivity contribution in [2.45, 2.75) is 44.2 Å². The van der Waals surface area contributed by atoms with E-state index < -0.39 is 28.5 Å². The van der Waals surface area contributed by atoms with Crippen LogP contribution in [0.25, 0.3) is 0 Å². The Labute approximate surface area is 255 Å². The number of benzene rings is 3. The zero-order chi connectivity index (χ0) is 29.4. The molecule has 214 valence electrons. The molecule has 0 spiro atoms. The molecule has 0 radical (unpaired) electrons. The maximum Gasteiger partial charge on any atom is 0.264 e. The van der Waals surface area contributed by atoms with E-state index in [1.54, 1.807) is 43.3 Å². The zero-order valence-electron chi connectivity index (χ0n) is 21.9. The van der Waals surface area contributed by atoms with Crippen molar-refractivity contribution in [2.75, 3.05) is 17.4 Å². The Bertz CT molecular complexity index is 1460. The molecule has 1 unspecified atom stereocenters. The van der Waals surface area contributed by atoms with Gasteiger partial charge in [-0.3, -0.25) is 13.9 Å². The van der Waals surface area contributed by atoms with E-state index in [-0.39, 0.29) is 39.5 Å². The Morgan fingerprint density at radius 1 is 0.875 bits per heavy atom. The molecular formula is C28H29Cl4N3O4S. The predicted molar refractivity (Wildman–Crippen MR) is 162 cm³/mol. The maximum atomic E-state index is 14.0. The first-order valence-corrected chi connectivity index (χ1v) is 15.5. The SMILES string of the molecule is CCCNC(=O)C(CC)N(Cc1ccc(Cl)cc1Cl)C(=O)CN(c1ccc(Cl)c(Cl)c1)S(=O)(=O)c1ccccc1. The van der Waals surface area contributed by atoms with Gasteiger partial charge in [-0.15, -0.1) is 0 Å². The summed E-state index contributed by atoms with van der Waals surface area (Å²) in [5.74, 6) is -0.968. The first kappa shape index (κ1) is 32.0. The summed E-state index contributed by atoms with van der Waals surface area (Å²) in [6.07, 6.45) is 0.990. The molecule has 0 saturated heterocycles. The molecule has 0 aromatic heterocycles. The first-order chi connectivity index (χ1) is 19.0. The number of halogens is 4. The van der Waals surface area contributed by atoms with Crippen molar-refractivity contribution in [1.82, 2.24) is 10.2 Å². The van der Waals surface area contributed by atoms with E-state index in [1.165, 1.54) is 35.2 Å². The Kier molecular flexibility index (Phi) is 11.5. The smallest absolute Gasteiger partial charge is 0.264 e. The molecule has 1 atom stereocenters. The van der Waals surface area contributed by atoms with Gasteiger partial charge in [-0.1, -0.05) is 84.5 Å². The maximum absolute atomic E-state index is 14.0. The van der Waals surface area contributed by atoms with Crippen LogP contribution in [0, 0.1) is 0 Å². The van der Waals surface area contributed by atoms with Gasteiger partial charge < -0.3 is 10.2 Å². The second-order valence-corrected chi connectivity index (χ2v) is 12.4. The minimum absolute atomic E-state index is 0.0195. The number of sulfonamides is 1. The van der Waals surface area contributed by atoms with Crippen LogP contribution in [0.3, 0.4) is 0 Å². The molecule has 0 aliphatic carbocycles. The van der Waals surface area contributed by atoms with Crippen LogP contribution in [-0.4, -0.2) is 44.3 Å². The monoisotopic (exact) mass is 643 g/mol. The molecule has 12 heteroatoms. The lowest BCUT2D eigenvalue weighted by Gasteiger charge is -2.33. The van der Waals surface area contributed by atoms with E-state index in [1.807, 2.05) is 6.92 Å². The lowest BCUT2D eigenvalue weighted by Crippen LogP contribution is -2.52. The summed E-state index contributed by atoms with van der Waals surface area (Å²) >= 11 is 24.8. The minimum Gasteiger partial charge on any atom is -0.354 e. The van der Waals surface area contributed by atoms with Crippen LogP contribution in [0.5, 0.6) is 0 Å². The van der Waals surface area contributed by atoms with E-state index in [4.69, 9.17) is 46.4 Å². The number of hydrogen-bond acceptors (Lipinski definition) is 4. The average molecular weight is 645 g/mol. The van der Waals surface area contributed by atoms with Gasteiger partial charge in [0.15, 0.2) is 0 Å². The van der Waals surface area contributed by atoms with Gasteiger partial charge in [-0.2, -0.15) is 0 Å². The molecule has 0 fully saturated rings. The molecule has 1 N–H and O–H groups in total. The molecule has 0 heterocycles. The highest BCUT2D eigenvalue weighted by Crippen LogP contribution is 2.31. The quantitative estimate of drug-likeness (QED) is 0.234. The summed E-state index contributed by atoms with van der Waals surface area (Å²) < 4.78 is 28.6. The van der Waals surface area contributed by atoms with Crippen molar-refractivity contribution < 1.29 is 18.0 Å². The summed E-state index contributed by atoms with van der Waals surface area (Å²) in [4.78, 5) is 28.5. The Morgan fingerprint density at radius 2 is 1.57 bits per heavy atom. The molecular weight excluding hydrogens is 616 g/mol. The summed E-state index contributed by atoms with van der Waals surface area (Å²) in [5, 5.41) is 3.91. The van der Waals surface area contributed by atoms with Crippen molar-refractivity contribution in [1.29, 1.82) is 0 Å². The first-order valence-electron chi connectivity index (χ1n) is 12.5. The lowest BCUT2D eigenvalue weighted by atomic mass is 10.1. The number of carbonyl (C=O) groups is 2. The third kappa shape index (κ3) is 7.83. The van der Waals surface area contributed by atoms with Crippen LogP contribution in [0.15, 0.2) is 71.6 Å². The Balaban J connectivity index is 2.08. The van der Waals surface area contributed by atoms with E-state index in [9.17, 15) is 18.0 Å². The summed E-state index contributed by atoms with van der Waals surface area (Å²) in [7, 11) is -4.23. The fraction of sp³-hybridized carbons (Fsp3) is 0.286. The molecule has 7 nitrogen and oxygen atoms in total. The van der Waals surface area contributed by atoms with E-state index >= 15 is 0 Å². The van der Waals surface area contributed by atoms with Gasteiger partial charge in [0.05, 0.1) is 20.6 Å². The normalized spacial score (nSPS) is 12.1. The number of rotatable bonds is 12. The highest BCUT2D eigenvalue weighted by Gasteiger charge is 2.34. The third-order valence-corrected chi connectivity index (χ3v) is 9.21.